The third kappa shape index (κ3) is 1.75. The minimum atomic E-state index is -0.655. The number of hydrogen-bond donors (Lipinski definition) is 1. The van der Waals surface area contributed by atoms with Crippen LogP contribution in [0.5, 0.6) is 0 Å². The lowest BCUT2D eigenvalue weighted by molar-refractivity contribution is -0.115. The number of primary amides is 1. The zero-order valence-electron chi connectivity index (χ0n) is 15.1. The van der Waals surface area contributed by atoms with E-state index in [4.69, 9.17) is 5.73 Å². The van der Waals surface area contributed by atoms with Crippen LogP contribution in [-0.2, 0) is 4.79 Å². The maximum Gasteiger partial charge on any atom is 0.246 e. The molecule has 0 heterocycles. The summed E-state index contributed by atoms with van der Waals surface area (Å²) in [5, 5.41) is 0. The monoisotopic (exact) mass is 359 g/mol. The number of rotatable bonds is 1. The van der Waals surface area contributed by atoms with Gasteiger partial charge < -0.3 is 5.73 Å². The molecule has 0 fully saturated rings. The van der Waals surface area contributed by atoms with Gasteiger partial charge in [-0.25, -0.2) is 0 Å². The van der Waals surface area contributed by atoms with Gasteiger partial charge in [0.05, 0.1) is 5.41 Å². The van der Waals surface area contributed by atoms with E-state index in [1.807, 2.05) is 12.2 Å². The largest absolute Gasteiger partial charge is 0.366 e. The van der Waals surface area contributed by atoms with Crippen molar-refractivity contribution < 1.29 is 4.79 Å². The molecule has 0 aromatic heterocycles. The Morgan fingerprint density at radius 2 is 1.32 bits per heavy atom. The zero-order chi connectivity index (χ0) is 18.9. The molecule has 1 atom stereocenters. The lowest BCUT2D eigenvalue weighted by atomic mass is 9.61. The molecule has 132 valence electrons. The molecule has 4 aliphatic carbocycles. The topological polar surface area (TPSA) is 43.1 Å². The van der Waals surface area contributed by atoms with Gasteiger partial charge in [-0.05, 0) is 56.7 Å². The molecule has 1 spiro atoms. The summed E-state index contributed by atoms with van der Waals surface area (Å²) in [4.78, 5) is 12.6. The summed E-state index contributed by atoms with van der Waals surface area (Å²) in [5.74, 6) is -0.380. The lowest BCUT2D eigenvalue weighted by Gasteiger charge is -2.40. The van der Waals surface area contributed by atoms with Gasteiger partial charge in [0.15, 0.2) is 0 Å². The van der Waals surface area contributed by atoms with Crippen LogP contribution >= 0.6 is 0 Å². The van der Waals surface area contributed by atoms with Gasteiger partial charge in [0.2, 0.25) is 5.91 Å². The fraction of sp³-hybridized carbons (Fsp3) is 0.0385. The zero-order valence-corrected chi connectivity index (χ0v) is 15.1. The van der Waals surface area contributed by atoms with Crippen molar-refractivity contribution in [2.45, 2.75) is 0 Å². The van der Waals surface area contributed by atoms with E-state index in [2.05, 4.69) is 78.9 Å². The predicted molar refractivity (Wildman–Crippen MR) is 114 cm³/mol. The predicted octanol–water partition coefficient (Wildman–Crippen LogP) is 4.93. The number of nitrogens with two attached hydrogens (primary N) is 1. The second kappa shape index (κ2) is 5.20. The smallest absolute Gasteiger partial charge is 0.246 e. The van der Waals surface area contributed by atoms with Gasteiger partial charge >= 0.3 is 0 Å². The van der Waals surface area contributed by atoms with Crippen LogP contribution < -0.4 is 5.73 Å². The Kier molecular flexibility index (Phi) is 2.86. The molecular formula is C26H17NO. The van der Waals surface area contributed by atoms with Crippen molar-refractivity contribution >= 4 is 29.2 Å². The molecule has 2 aromatic carbocycles. The number of amides is 1. The fourth-order valence-corrected chi connectivity index (χ4v) is 5.07. The molecule has 0 radical (unpaired) electrons. The summed E-state index contributed by atoms with van der Waals surface area (Å²) < 4.78 is 0. The molecule has 0 bridgehead atoms. The van der Waals surface area contributed by atoms with Crippen LogP contribution in [0.25, 0.3) is 23.3 Å². The van der Waals surface area contributed by atoms with E-state index in [0.717, 1.165) is 11.1 Å². The van der Waals surface area contributed by atoms with Crippen LogP contribution in [0.2, 0.25) is 0 Å². The summed E-state index contributed by atoms with van der Waals surface area (Å²) in [6.07, 6.45) is 14.7. The van der Waals surface area contributed by atoms with Crippen molar-refractivity contribution in [3.8, 4) is 0 Å². The van der Waals surface area contributed by atoms with Gasteiger partial charge in [-0.3, -0.25) is 4.79 Å². The molecule has 2 N–H and O–H groups in total. The summed E-state index contributed by atoms with van der Waals surface area (Å²) in [7, 11) is 0. The number of allylic oxidation sites excluding steroid dienone is 9. The minimum absolute atomic E-state index is 0.380. The molecule has 0 saturated carbocycles. The second-order valence-corrected chi connectivity index (χ2v) is 7.56. The number of benzene rings is 2. The third-order valence-electron chi connectivity index (χ3n) is 6.25. The van der Waals surface area contributed by atoms with E-state index in [9.17, 15) is 4.79 Å². The van der Waals surface area contributed by atoms with Crippen molar-refractivity contribution in [1.29, 1.82) is 0 Å². The number of hydrogen-bond acceptors (Lipinski definition) is 1. The summed E-state index contributed by atoms with van der Waals surface area (Å²) >= 11 is 0. The van der Waals surface area contributed by atoms with Gasteiger partial charge in [0.25, 0.3) is 0 Å². The van der Waals surface area contributed by atoms with E-state index in [1.54, 1.807) is 0 Å². The second-order valence-electron chi connectivity index (χ2n) is 7.56. The van der Waals surface area contributed by atoms with Crippen LogP contribution in [-0.4, -0.2) is 5.91 Å². The lowest BCUT2D eigenvalue weighted by Crippen LogP contribution is -2.35. The van der Waals surface area contributed by atoms with E-state index in [-0.39, 0.29) is 5.91 Å². The van der Waals surface area contributed by atoms with Crippen molar-refractivity contribution in [2.75, 3.05) is 0 Å². The molecule has 1 amide bonds. The van der Waals surface area contributed by atoms with E-state index < -0.39 is 5.41 Å². The Morgan fingerprint density at radius 1 is 0.750 bits per heavy atom. The number of carbonyl (C=O) groups excluding carboxylic acids is 1. The first-order chi connectivity index (χ1) is 13.7. The molecule has 0 aliphatic heterocycles. The van der Waals surface area contributed by atoms with Gasteiger partial charge in [0.1, 0.15) is 0 Å². The van der Waals surface area contributed by atoms with Crippen LogP contribution in [0.15, 0.2) is 95.6 Å². The number of fused-ring (bicyclic) bond motifs is 8. The molecule has 2 nitrogen and oxygen atoms in total. The molecule has 6 rings (SSSR count). The first-order valence-electron chi connectivity index (χ1n) is 9.46. The maximum atomic E-state index is 12.6. The van der Waals surface area contributed by atoms with Crippen molar-refractivity contribution in [2.24, 2.45) is 11.1 Å². The van der Waals surface area contributed by atoms with Gasteiger partial charge in [-0.2, -0.15) is 0 Å². The fourth-order valence-electron chi connectivity index (χ4n) is 5.07. The molecule has 1 unspecified atom stereocenters. The Balaban J connectivity index is 1.66. The van der Waals surface area contributed by atoms with Crippen molar-refractivity contribution in [3.63, 3.8) is 0 Å². The molecule has 2 aromatic rings. The molecule has 4 aliphatic rings. The molecule has 2 heteroatoms. The van der Waals surface area contributed by atoms with Crippen molar-refractivity contribution in [1.82, 2.24) is 0 Å². The summed E-state index contributed by atoms with van der Waals surface area (Å²) in [5.41, 5.74) is 15.2. The highest BCUT2D eigenvalue weighted by molar-refractivity contribution is 6.11. The Hall–Kier alpha value is -3.65. The Bertz CT molecular complexity index is 1260. The average Bonchev–Trinajstić information content (AvgIpc) is 3.28. The van der Waals surface area contributed by atoms with Crippen LogP contribution in [0, 0.1) is 5.41 Å². The molecule has 28 heavy (non-hydrogen) atoms. The average molecular weight is 359 g/mol. The normalized spacial score (nSPS) is 22.9. The number of carbonyl (C=O) groups is 1. The van der Waals surface area contributed by atoms with Crippen LogP contribution in [0.3, 0.4) is 0 Å². The van der Waals surface area contributed by atoms with Crippen LogP contribution in [0.1, 0.15) is 22.3 Å². The quantitative estimate of drug-likeness (QED) is 0.771. The highest BCUT2D eigenvalue weighted by Crippen LogP contribution is 2.61. The van der Waals surface area contributed by atoms with Gasteiger partial charge in [-0.15, -0.1) is 0 Å². The van der Waals surface area contributed by atoms with Crippen molar-refractivity contribution in [3.05, 3.63) is 118 Å². The highest BCUT2D eigenvalue weighted by Gasteiger charge is 2.49. The standard InChI is InChI=1S/C26H17NO/c27-25(28)22-12-11-21-19-9-4-2-7-17(19)15-24(21)26(22)13-5-10-20-18-8-3-1-6-16(18)14-23(20)26/h1-15H,(H2,27,28). The summed E-state index contributed by atoms with van der Waals surface area (Å²) in [6, 6.07) is 16.8. The van der Waals surface area contributed by atoms with E-state index >= 15 is 0 Å². The SMILES string of the molecule is NC(=O)C1=CC=C2C(=Cc3ccccc32)C12C=CC=C1C2=Cc2ccccc21. The maximum absolute atomic E-state index is 12.6. The molecule has 0 saturated heterocycles. The summed E-state index contributed by atoms with van der Waals surface area (Å²) in [6.45, 7) is 0. The van der Waals surface area contributed by atoms with E-state index in [0.29, 0.717) is 5.57 Å². The highest BCUT2D eigenvalue weighted by atomic mass is 16.1. The van der Waals surface area contributed by atoms with Gasteiger partial charge in [0, 0.05) is 5.57 Å². The molecular weight excluding hydrogens is 342 g/mol. The first-order valence-corrected chi connectivity index (χ1v) is 9.46. The van der Waals surface area contributed by atoms with E-state index in [1.165, 1.54) is 33.4 Å². The van der Waals surface area contributed by atoms with Gasteiger partial charge in [-0.1, -0.05) is 78.9 Å². The Labute approximate surface area is 163 Å². The minimum Gasteiger partial charge on any atom is -0.366 e. The Morgan fingerprint density at radius 3 is 1.93 bits per heavy atom. The first kappa shape index (κ1) is 15.4. The van der Waals surface area contributed by atoms with Crippen LogP contribution in [0.4, 0.5) is 0 Å². The third-order valence-corrected chi connectivity index (χ3v) is 6.25.